The van der Waals surface area contributed by atoms with Crippen LogP contribution in [-0.2, 0) is 11.3 Å². The maximum Gasteiger partial charge on any atom is 0.258 e. The van der Waals surface area contributed by atoms with Gasteiger partial charge in [-0.05, 0) is 43.5 Å². The third kappa shape index (κ3) is 5.00. The number of anilines is 2. The molecule has 1 fully saturated rings. The number of aromatic nitrogens is 3. The Morgan fingerprint density at radius 1 is 1.12 bits per heavy atom. The van der Waals surface area contributed by atoms with E-state index in [2.05, 4.69) is 15.3 Å². The van der Waals surface area contributed by atoms with Crippen molar-refractivity contribution in [1.82, 2.24) is 24.3 Å². The Hall–Kier alpha value is -3.95. The molecule has 0 atom stereocenters. The van der Waals surface area contributed by atoms with Gasteiger partial charge in [0.1, 0.15) is 5.52 Å². The van der Waals surface area contributed by atoms with Crippen LogP contribution in [0.4, 0.5) is 11.6 Å². The fraction of sp³-hybridized carbons (Fsp3) is 0.375. The topological polar surface area (TPSA) is 126 Å². The minimum absolute atomic E-state index is 0.0645. The van der Waals surface area contributed by atoms with Crippen LogP contribution in [0.15, 0.2) is 36.5 Å². The van der Waals surface area contributed by atoms with Gasteiger partial charge < -0.3 is 15.5 Å². The highest BCUT2D eigenvalue weighted by molar-refractivity contribution is 6.04. The number of imidazole rings is 1. The molecule has 3 aromatic rings. The highest BCUT2D eigenvalue weighted by Crippen LogP contribution is 2.22. The monoisotopic (exact) mass is 463 g/mol. The van der Waals surface area contributed by atoms with E-state index in [1.54, 1.807) is 53.0 Å². The first-order valence-corrected chi connectivity index (χ1v) is 11.4. The third-order valence-corrected chi connectivity index (χ3v) is 6.05. The summed E-state index contributed by atoms with van der Waals surface area (Å²) < 4.78 is 1.74. The van der Waals surface area contributed by atoms with E-state index in [0.717, 1.165) is 32.4 Å². The SMILES string of the molecule is CC(=O)N(C)CCn1c(NC(=O)c2cccc(N)c2)nc2cc(C(=O)N3CCCCC3)cnc21. The predicted octanol–water partition coefficient (Wildman–Crippen LogP) is 2.37. The molecule has 2 aromatic heterocycles. The van der Waals surface area contributed by atoms with Crippen molar-refractivity contribution in [3.8, 4) is 0 Å². The fourth-order valence-corrected chi connectivity index (χ4v) is 3.98. The number of pyridine rings is 1. The van der Waals surface area contributed by atoms with Crippen LogP contribution >= 0.6 is 0 Å². The zero-order valence-corrected chi connectivity index (χ0v) is 19.5. The van der Waals surface area contributed by atoms with Gasteiger partial charge in [-0.1, -0.05) is 6.07 Å². The first-order chi connectivity index (χ1) is 16.3. The molecule has 3 amide bonds. The molecule has 4 rings (SSSR count). The third-order valence-electron chi connectivity index (χ3n) is 6.05. The molecule has 34 heavy (non-hydrogen) atoms. The van der Waals surface area contributed by atoms with E-state index < -0.39 is 0 Å². The van der Waals surface area contributed by atoms with E-state index in [1.807, 2.05) is 4.90 Å². The molecule has 1 saturated heterocycles. The van der Waals surface area contributed by atoms with Crippen LogP contribution in [0.5, 0.6) is 0 Å². The number of benzene rings is 1. The number of nitrogens with two attached hydrogens (primary N) is 1. The van der Waals surface area contributed by atoms with E-state index in [9.17, 15) is 14.4 Å². The fourth-order valence-electron chi connectivity index (χ4n) is 3.98. The first-order valence-electron chi connectivity index (χ1n) is 11.4. The summed E-state index contributed by atoms with van der Waals surface area (Å²) >= 11 is 0. The van der Waals surface area contributed by atoms with Gasteiger partial charge in [-0.25, -0.2) is 9.97 Å². The molecule has 178 valence electrons. The number of hydrogen-bond acceptors (Lipinski definition) is 6. The van der Waals surface area contributed by atoms with Gasteiger partial charge in [-0.15, -0.1) is 0 Å². The summed E-state index contributed by atoms with van der Waals surface area (Å²) in [6, 6.07) is 8.36. The summed E-state index contributed by atoms with van der Waals surface area (Å²) in [7, 11) is 1.70. The Labute approximate surface area is 197 Å². The zero-order chi connectivity index (χ0) is 24.2. The van der Waals surface area contributed by atoms with E-state index in [0.29, 0.717) is 41.1 Å². The second-order valence-electron chi connectivity index (χ2n) is 8.53. The molecule has 10 nitrogen and oxygen atoms in total. The second-order valence-corrected chi connectivity index (χ2v) is 8.53. The number of carbonyl (C=O) groups excluding carboxylic acids is 3. The number of piperidine rings is 1. The van der Waals surface area contributed by atoms with Crippen molar-refractivity contribution >= 4 is 40.5 Å². The molecular weight excluding hydrogens is 434 g/mol. The second kappa shape index (κ2) is 9.90. The van der Waals surface area contributed by atoms with Gasteiger partial charge in [0.2, 0.25) is 11.9 Å². The number of carbonyl (C=O) groups is 3. The lowest BCUT2D eigenvalue weighted by Gasteiger charge is -2.26. The predicted molar refractivity (Wildman–Crippen MR) is 129 cm³/mol. The van der Waals surface area contributed by atoms with Crippen LogP contribution in [-0.4, -0.2) is 68.7 Å². The van der Waals surface area contributed by atoms with Gasteiger partial charge in [0.15, 0.2) is 5.65 Å². The van der Waals surface area contributed by atoms with Crippen molar-refractivity contribution in [3.05, 3.63) is 47.7 Å². The summed E-state index contributed by atoms with van der Waals surface area (Å²) in [5.74, 6) is -0.217. The number of likely N-dealkylation sites (tertiary alicyclic amines) is 1. The number of nitrogen functional groups attached to an aromatic ring is 1. The van der Waals surface area contributed by atoms with Gasteiger partial charge in [0, 0.05) is 57.6 Å². The van der Waals surface area contributed by atoms with Crippen molar-refractivity contribution in [1.29, 1.82) is 0 Å². The molecule has 0 unspecified atom stereocenters. The van der Waals surface area contributed by atoms with Crippen molar-refractivity contribution in [3.63, 3.8) is 0 Å². The Morgan fingerprint density at radius 3 is 2.59 bits per heavy atom. The molecule has 10 heteroatoms. The van der Waals surface area contributed by atoms with Crippen LogP contribution in [0.2, 0.25) is 0 Å². The van der Waals surface area contributed by atoms with Crippen molar-refractivity contribution < 1.29 is 14.4 Å². The molecule has 3 N–H and O–H groups in total. The number of nitrogens with zero attached hydrogens (tertiary/aromatic N) is 5. The quantitative estimate of drug-likeness (QED) is 0.541. The molecule has 0 aliphatic carbocycles. The number of rotatable bonds is 6. The minimum Gasteiger partial charge on any atom is -0.399 e. The van der Waals surface area contributed by atoms with Crippen LogP contribution in [0, 0.1) is 0 Å². The molecule has 0 spiro atoms. The Balaban J connectivity index is 1.66. The maximum absolute atomic E-state index is 12.9. The average Bonchev–Trinajstić information content (AvgIpc) is 3.18. The molecule has 1 aliphatic rings. The lowest BCUT2D eigenvalue weighted by molar-refractivity contribution is -0.127. The van der Waals surface area contributed by atoms with E-state index in [4.69, 9.17) is 5.73 Å². The summed E-state index contributed by atoms with van der Waals surface area (Å²) in [5, 5.41) is 2.83. The molecule has 0 saturated carbocycles. The summed E-state index contributed by atoms with van der Waals surface area (Å²) in [6.45, 7) is 3.74. The minimum atomic E-state index is -0.367. The number of fused-ring (bicyclic) bond motifs is 1. The molecule has 1 aliphatic heterocycles. The number of likely N-dealkylation sites (N-methyl/N-ethyl adjacent to an activating group) is 1. The standard InChI is InChI=1S/C24H29N7O3/c1-16(32)29(2)11-12-31-21-20(14-18(15-26-21)23(34)30-9-4-3-5-10-30)27-24(31)28-22(33)17-7-6-8-19(25)13-17/h6-8,13-15H,3-5,9-12,25H2,1-2H3,(H,27,28,33). The smallest absolute Gasteiger partial charge is 0.258 e. The lowest BCUT2D eigenvalue weighted by Crippen LogP contribution is -2.35. The Bertz CT molecular complexity index is 1230. The summed E-state index contributed by atoms with van der Waals surface area (Å²) in [4.78, 5) is 50.0. The molecule has 0 radical (unpaired) electrons. The van der Waals surface area contributed by atoms with Crippen molar-refractivity contribution in [2.24, 2.45) is 0 Å². The van der Waals surface area contributed by atoms with E-state index in [-0.39, 0.29) is 23.7 Å². The van der Waals surface area contributed by atoms with Crippen molar-refractivity contribution in [2.45, 2.75) is 32.7 Å². The average molecular weight is 464 g/mol. The van der Waals surface area contributed by atoms with E-state index in [1.165, 1.54) is 6.92 Å². The Morgan fingerprint density at radius 2 is 1.88 bits per heavy atom. The molecular formula is C24H29N7O3. The Kier molecular flexibility index (Phi) is 6.76. The van der Waals surface area contributed by atoms with Crippen LogP contribution in [0.25, 0.3) is 11.2 Å². The van der Waals surface area contributed by atoms with Gasteiger partial charge in [0.05, 0.1) is 5.56 Å². The largest absolute Gasteiger partial charge is 0.399 e. The van der Waals surface area contributed by atoms with Crippen LogP contribution < -0.4 is 11.1 Å². The molecule has 3 heterocycles. The number of hydrogen-bond donors (Lipinski definition) is 2. The van der Waals surface area contributed by atoms with Gasteiger partial charge in [0.25, 0.3) is 11.8 Å². The van der Waals surface area contributed by atoms with Gasteiger partial charge >= 0.3 is 0 Å². The highest BCUT2D eigenvalue weighted by Gasteiger charge is 2.21. The summed E-state index contributed by atoms with van der Waals surface area (Å²) in [6.07, 6.45) is 4.69. The number of amides is 3. The maximum atomic E-state index is 12.9. The highest BCUT2D eigenvalue weighted by atomic mass is 16.2. The normalized spacial score (nSPS) is 13.6. The molecule has 1 aromatic carbocycles. The van der Waals surface area contributed by atoms with Crippen LogP contribution in [0.3, 0.4) is 0 Å². The number of nitrogens with one attached hydrogen (secondary N) is 1. The van der Waals surface area contributed by atoms with Gasteiger partial charge in [-0.2, -0.15) is 0 Å². The van der Waals surface area contributed by atoms with E-state index >= 15 is 0 Å². The van der Waals surface area contributed by atoms with Gasteiger partial charge in [-0.3, -0.25) is 24.3 Å². The lowest BCUT2D eigenvalue weighted by atomic mass is 10.1. The van der Waals surface area contributed by atoms with Crippen molar-refractivity contribution in [2.75, 3.05) is 37.7 Å². The zero-order valence-electron chi connectivity index (χ0n) is 19.5. The molecule has 0 bridgehead atoms. The first kappa shape index (κ1) is 23.2. The van der Waals surface area contributed by atoms with Crippen LogP contribution in [0.1, 0.15) is 46.9 Å². The summed E-state index contributed by atoms with van der Waals surface area (Å²) in [5.41, 5.74) is 8.17.